The van der Waals surface area contributed by atoms with Crippen LogP contribution < -0.4 is 10.6 Å². The monoisotopic (exact) mass is 312 g/mol. The Labute approximate surface area is 135 Å². The van der Waals surface area contributed by atoms with E-state index in [0.717, 1.165) is 5.56 Å². The molecule has 0 aromatic carbocycles. The number of hydrogen-bond donors (Lipinski definition) is 2. The van der Waals surface area contributed by atoms with E-state index >= 15 is 0 Å². The standard InChI is InChI=1S/C17H20N4O2/c1-12(2)15(21-16(22)14-6-4-8-19-11-14)17(23)20-10-13-5-3-7-18-9-13/h3-9,11-12,15H,10H2,1-2H3,(H,20,23)(H,21,22)/t15-/m1/s1. The van der Waals surface area contributed by atoms with Gasteiger partial charge in [0.25, 0.3) is 5.91 Å². The van der Waals surface area contributed by atoms with Crippen molar-refractivity contribution < 1.29 is 9.59 Å². The highest BCUT2D eigenvalue weighted by Gasteiger charge is 2.24. The molecule has 2 aromatic heterocycles. The van der Waals surface area contributed by atoms with Gasteiger partial charge in [0, 0.05) is 31.3 Å². The van der Waals surface area contributed by atoms with Crippen molar-refractivity contribution in [3.05, 3.63) is 60.2 Å². The lowest BCUT2D eigenvalue weighted by Crippen LogP contribution is -2.49. The summed E-state index contributed by atoms with van der Waals surface area (Å²) >= 11 is 0. The van der Waals surface area contributed by atoms with Crippen molar-refractivity contribution in [2.45, 2.75) is 26.4 Å². The van der Waals surface area contributed by atoms with Crippen LogP contribution in [-0.2, 0) is 11.3 Å². The van der Waals surface area contributed by atoms with Gasteiger partial charge in [-0.15, -0.1) is 0 Å². The van der Waals surface area contributed by atoms with Crippen LogP contribution in [-0.4, -0.2) is 27.8 Å². The van der Waals surface area contributed by atoms with Gasteiger partial charge in [-0.1, -0.05) is 19.9 Å². The molecule has 2 rings (SSSR count). The molecule has 0 fully saturated rings. The maximum Gasteiger partial charge on any atom is 0.253 e. The zero-order valence-electron chi connectivity index (χ0n) is 13.2. The van der Waals surface area contributed by atoms with Gasteiger partial charge < -0.3 is 10.6 Å². The van der Waals surface area contributed by atoms with Crippen LogP contribution in [0.15, 0.2) is 49.1 Å². The fourth-order valence-corrected chi connectivity index (χ4v) is 2.06. The van der Waals surface area contributed by atoms with E-state index in [1.54, 1.807) is 30.7 Å². The van der Waals surface area contributed by atoms with Crippen molar-refractivity contribution in [3.63, 3.8) is 0 Å². The topological polar surface area (TPSA) is 84.0 Å². The summed E-state index contributed by atoms with van der Waals surface area (Å²) in [7, 11) is 0. The Hall–Kier alpha value is -2.76. The molecule has 2 heterocycles. The third kappa shape index (κ3) is 4.88. The molecule has 0 aliphatic heterocycles. The molecule has 2 amide bonds. The molecule has 120 valence electrons. The van der Waals surface area contributed by atoms with E-state index in [4.69, 9.17) is 0 Å². The quantitative estimate of drug-likeness (QED) is 0.847. The molecular weight excluding hydrogens is 292 g/mol. The number of amides is 2. The number of pyridine rings is 2. The minimum absolute atomic E-state index is 0.0375. The third-order valence-electron chi connectivity index (χ3n) is 3.35. The SMILES string of the molecule is CC(C)[C@@H](NC(=O)c1cccnc1)C(=O)NCc1cccnc1. The van der Waals surface area contributed by atoms with Crippen LogP contribution in [0.3, 0.4) is 0 Å². The Bertz CT molecular complexity index is 644. The smallest absolute Gasteiger partial charge is 0.253 e. The average Bonchev–Trinajstić information content (AvgIpc) is 2.58. The van der Waals surface area contributed by atoms with Gasteiger partial charge in [0.15, 0.2) is 0 Å². The normalized spacial score (nSPS) is 11.8. The zero-order chi connectivity index (χ0) is 16.7. The Balaban J connectivity index is 1.97. The van der Waals surface area contributed by atoms with Crippen LogP contribution in [0.2, 0.25) is 0 Å². The van der Waals surface area contributed by atoms with E-state index in [2.05, 4.69) is 20.6 Å². The minimum Gasteiger partial charge on any atom is -0.350 e. The van der Waals surface area contributed by atoms with Crippen molar-refractivity contribution in [2.75, 3.05) is 0 Å². The van der Waals surface area contributed by atoms with Crippen LogP contribution in [0.5, 0.6) is 0 Å². The fourth-order valence-electron chi connectivity index (χ4n) is 2.06. The highest BCUT2D eigenvalue weighted by molar-refractivity contribution is 5.97. The number of nitrogens with zero attached hydrogens (tertiary/aromatic N) is 2. The number of rotatable bonds is 6. The van der Waals surface area contributed by atoms with Gasteiger partial charge in [-0.05, 0) is 29.7 Å². The first-order chi connectivity index (χ1) is 11.1. The number of aromatic nitrogens is 2. The van der Waals surface area contributed by atoms with Gasteiger partial charge >= 0.3 is 0 Å². The maximum absolute atomic E-state index is 12.4. The molecule has 6 heteroatoms. The van der Waals surface area contributed by atoms with Crippen molar-refractivity contribution in [3.8, 4) is 0 Å². The van der Waals surface area contributed by atoms with Gasteiger partial charge in [-0.3, -0.25) is 19.6 Å². The molecule has 0 aliphatic carbocycles. The summed E-state index contributed by atoms with van der Waals surface area (Å²) in [5.41, 5.74) is 1.33. The van der Waals surface area contributed by atoms with E-state index in [-0.39, 0.29) is 17.7 Å². The van der Waals surface area contributed by atoms with Crippen molar-refractivity contribution in [1.29, 1.82) is 0 Å². The van der Waals surface area contributed by atoms with Crippen molar-refractivity contribution in [2.24, 2.45) is 5.92 Å². The lowest BCUT2D eigenvalue weighted by Gasteiger charge is -2.21. The largest absolute Gasteiger partial charge is 0.350 e. The van der Waals surface area contributed by atoms with E-state index < -0.39 is 6.04 Å². The third-order valence-corrected chi connectivity index (χ3v) is 3.35. The lowest BCUT2D eigenvalue weighted by molar-refractivity contribution is -0.124. The van der Waals surface area contributed by atoms with Crippen LogP contribution >= 0.6 is 0 Å². The highest BCUT2D eigenvalue weighted by Crippen LogP contribution is 2.05. The Morgan fingerprint density at radius 3 is 2.35 bits per heavy atom. The number of carbonyl (C=O) groups is 2. The molecule has 0 unspecified atom stereocenters. The number of carbonyl (C=O) groups excluding carboxylic acids is 2. The molecule has 0 aliphatic rings. The predicted octanol–water partition coefficient (Wildman–Crippen LogP) is 1.55. The number of nitrogens with one attached hydrogen (secondary N) is 2. The molecule has 0 saturated heterocycles. The Morgan fingerprint density at radius 1 is 1.09 bits per heavy atom. The first kappa shape index (κ1) is 16.6. The molecular formula is C17H20N4O2. The first-order valence-electron chi connectivity index (χ1n) is 7.45. The van der Waals surface area contributed by atoms with Gasteiger partial charge in [0.2, 0.25) is 5.91 Å². The summed E-state index contributed by atoms with van der Waals surface area (Å²) in [4.78, 5) is 32.5. The van der Waals surface area contributed by atoms with Crippen LogP contribution in [0.4, 0.5) is 0 Å². The van der Waals surface area contributed by atoms with Crippen LogP contribution in [0.25, 0.3) is 0 Å². The number of hydrogen-bond acceptors (Lipinski definition) is 4. The molecule has 2 N–H and O–H groups in total. The summed E-state index contributed by atoms with van der Waals surface area (Å²) in [6.07, 6.45) is 6.44. The highest BCUT2D eigenvalue weighted by atomic mass is 16.2. The summed E-state index contributed by atoms with van der Waals surface area (Å²) < 4.78 is 0. The van der Waals surface area contributed by atoms with Gasteiger partial charge in [-0.25, -0.2) is 0 Å². The van der Waals surface area contributed by atoms with E-state index in [1.807, 2.05) is 26.0 Å². The fraction of sp³-hybridized carbons (Fsp3) is 0.294. The van der Waals surface area contributed by atoms with Crippen molar-refractivity contribution >= 4 is 11.8 Å². The van der Waals surface area contributed by atoms with Crippen LogP contribution in [0, 0.1) is 5.92 Å². The van der Waals surface area contributed by atoms with Crippen molar-refractivity contribution in [1.82, 2.24) is 20.6 Å². The molecule has 23 heavy (non-hydrogen) atoms. The summed E-state index contributed by atoms with van der Waals surface area (Å²) in [5, 5.41) is 5.59. The minimum atomic E-state index is -0.612. The Kier molecular flexibility index (Phi) is 5.80. The molecule has 6 nitrogen and oxygen atoms in total. The van der Waals surface area contributed by atoms with Gasteiger partial charge in [-0.2, -0.15) is 0 Å². The second kappa shape index (κ2) is 8.03. The predicted molar refractivity (Wildman–Crippen MR) is 86.4 cm³/mol. The zero-order valence-corrected chi connectivity index (χ0v) is 13.2. The molecule has 1 atom stereocenters. The second-order valence-electron chi connectivity index (χ2n) is 5.52. The maximum atomic E-state index is 12.4. The van der Waals surface area contributed by atoms with E-state index in [0.29, 0.717) is 12.1 Å². The van der Waals surface area contributed by atoms with Gasteiger partial charge in [0.05, 0.1) is 5.56 Å². The average molecular weight is 312 g/mol. The lowest BCUT2D eigenvalue weighted by atomic mass is 10.0. The summed E-state index contributed by atoms with van der Waals surface area (Å²) in [6, 6.07) is 6.42. The summed E-state index contributed by atoms with van der Waals surface area (Å²) in [6.45, 7) is 4.15. The molecule has 0 spiro atoms. The molecule has 0 bridgehead atoms. The molecule has 2 aromatic rings. The molecule has 0 saturated carbocycles. The van der Waals surface area contributed by atoms with Crippen LogP contribution in [0.1, 0.15) is 29.8 Å². The van der Waals surface area contributed by atoms with E-state index in [1.165, 1.54) is 6.20 Å². The van der Waals surface area contributed by atoms with E-state index in [9.17, 15) is 9.59 Å². The Morgan fingerprint density at radius 2 is 1.78 bits per heavy atom. The molecule has 0 radical (unpaired) electrons. The second-order valence-corrected chi connectivity index (χ2v) is 5.52. The summed E-state index contributed by atoms with van der Waals surface area (Å²) in [5.74, 6) is -0.570. The van der Waals surface area contributed by atoms with Gasteiger partial charge in [0.1, 0.15) is 6.04 Å². The first-order valence-corrected chi connectivity index (χ1v) is 7.45.